The van der Waals surface area contributed by atoms with Gasteiger partial charge in [-0.05, 0) is 59.7 Å². The van der Waals surface area contributed by atoms with Gasteiger partial charge < -0.3 is 19.0 Å². The minimum atomic E-state index is -0.462. The zero-order chi connectivity index (χ0) is 25.4. The molecule has 1 aliphatic heterocycles. The van der Waals surface area contributed by atoms with Gasteiger partial charge in [-0.15, -0.1) is 5.10 Å². The summed E-state index contributed by atoms with van der Waals surface area (Å²) in [6.07, 6.45) is 5.81. The van der Waals surface area contributed by atoms with Crippen LogP contribution < -0.4 is 10.3 Å². The number of pyridine rings is 1. The fourth-order valence-corrected chi connectivity index (χ4v) is 5.56. The predicted molar refractivity (Wildman–Crippen MR) is 134 cm³/mol. The van der Waals surface area contributed by atoms with E-state index >= 15 is 0 Å². The van der Waals surface area contributed by atoms with E-state index in [4.69, 9.17) is 9.15 Å². The van der Waals surface area contributed by atoms with E-state index in [1.165, 1.54) is 6.26 Å². The van der Waals surface area contributed by atoms with E-state index in [1.807, 2.05) is 28.9 Å². The minimum Gasteiger partial charge on any atom is -0.497 e. The molecule has 192 valence electrons. The molecule has 2 fully saturated rings. The average Bonchev–Trinajstić information content (AvgIpc) is 3.72. The maximum atomic E-state index is 13.5. The van der Waals surface area contributed by atoms with Gasteiger partial charge in [-0.3, -0.25) is 14.5 Å². The van der Waals surface area contributed by atoms with Gasteiger partial charge >= 0.3 is 0 Å². The molecular formula is C26H29N7O4. The summed E-state index contributed by atoms with van der Waals surface area (Å²) in [7, 11) is 1.62. The molecule has 2 aliphatic rings. The van der Waals surface area contributed by atoms with Crippen LogP contribution in [0.3, 0.4) is 0 Å². The molecule has 1 aromatic carbocycles. The van der Waals surface area contributed by atoms with Gasteiger partial charge in [-0.25, -0.2) is 4.68 Å². The number of carbonyl (C=O) groups excluding carboxylic acids is 1. The highest BCUT2D eigenvalue weighted by atomic mass is 16.5. The fourth-order valence-electron chi connectivity index (χ4n) is 5.56. The Balaban J connectivity index is 1.38. The number of ether oxygens (including phenoxy) is 1. The number of rotatable bonds is 6. The molecule has 37 heavy (non-hydrogen) atoms. The number of nitrogens with one attached hydrogen (secondary N) is 1. The normalized spacial score (nSPS) is 17.9. The lowest BCUT2D eigenvalue weighted by molar-refractivity contribution is 0.0557. The standard InChI is InChI=1S/C26H29N7O4/c1-36-19-8-9-21-17(15-19)16-20(25(34)27-21)23(24-28-29-30-33(24)18-5-2-3-6-18)31-10-12-32(13-11-31)26(35)22-7-4-14-37-22/h4,7-9,14-16,18,23H,2-3,5-6,10-13H2,1H3,(H,27,34)/t23-/m1/s1. The van der Waals surface area contributed by atoms with Crippen molar-refractivity contribution in [3.63, 3.8) is 0 Å². The molecule has 4 aromatic rings. The highest BCUT2D eigenvalue weighted by molar-refractivity contribution is 5.91. The van der Waals surface area contributed by atoms with Crippen molar-refractivity contribution in [1.29, 1.82) is 0 Å². The number of piperazine rings is 1. The van der Waals surface area contributed by atoms with Crippen molar-refractivity contribution >= 4 is 16.8 Å². The van der Waals surface area contributed by atoms with E-state index in [2.05, 4.69) is 25.4 Å². The maximum Gasteiger partial charge on any atom is 0.289 e. The van der Waals surface area contributed by atoms with Gasteiger partial charge in [0.05, 0.1) is 19.4 Å². The van der Waals surface area contributed by atoms with Crippen molar-refractivity contribution in [3.8, 4) is 5.75 Å². The smallest absolute Gasteiger partial charge is 0.289 e. The average molecular weight is 504 g/mol. The van der Waals surface area contributed by atoms with Gasteiger partial charge in [0.1, 0.15) is 11.8 Å². The number of furan rings is 1. The Kier molecular flexibility index (Phi) is 6.21. The lowest BCUT2D eigenvalue weighted by Crippen LogP contribution is -2.50. The van der Waals surface area contributed by atoms with Gasteiger partial charge in [0.25, 0.3) is 11.5 Å². The number of carbonyl (C=O) groups is 1. The third-order valence-electron chi connectivity index (χ3n) is 7.51. The highest BCUT2D eigenvalue weighted by Crippen LogP contribution is 2.34. The molecule has 1 saturated heterocycles. The number of methoxy groups -OCH3 is 1. The summed E-state index contributed by atoms with van der Waals surface area (Å²) >= 11 is 0. The third-order valence-corrected chi connectivity index (χ3v) is 7.51. The van der Waals surface area contributed by atoms with E-state index in [-0.39, 0.29) is 17.5 Å². The summed E-state index contributed by atoms with van der Waals surface area (Å²) < 4.78 is 12.6. The number of aromatic amines is 1. The van der Waals surface area contributed by atoms with Crippen LogP contribution in [-0.4, -0.2) is 74.2 Å². The summed E-state index contributed by atoms with van der Waals surface area (Å²) in [5.74, 6) is 1.57. The topological polar surface area (TPSA) is 122 Å². The third kappa shape index (κ3) is 4.39. The predicted octanol–water partition coefficient (Wildman–Crippen LogP) is 2.78. The lowest BCUT2D eigenvalue weighted by atomic mass is 10.0. The first-order valence-corrected chi connectivity index (χ1v) is 12.7. The molecular weight excluding hydrogens is 474 g/mol. The zero-order valence-corrected chi connectivity index (χ0v) is 20.7. The summed E-state index contributed by atoms with van der Waals surface area (Å²) in [6.45, 7) is 2.12. The lowest BCUT2D eigenvalue weighted by Gasteiger charge is -2.38. The molecule has 0 spiro atoms. The highest BCUT2D eigenvalue weighted by Gasteiger charge is 2.35. The van der Waals surface area contributed by atoms with Gasteiger partial charge in [-0.1, -0.05) is 12.8 Å². The second-order valence-corrected chi connectivity index (χ2v) is 9.63. The number of benzene rings is 1. The molecule has 4 heterocycles. The number of hydrogen-bond acceptors (Lipinski definition) is 8. The monoisotopic (exact) mass is 503 g/mol. The van der Waals surface area contributed by atoms with Crippen LogP contribution in [0.2, 0.25) is 0 Å². The van der Waals surface area contributed by atoms with Crippen molar-refractivity contribution in [2.75, 3.05) is 33.3 Å². The number of hydrogen-bond donors (Lipinski definition) is 1. The molecule has 1 N–H and O–H groups in total. The minimum absolute atomic E-state index is 0.132. The van der Waals surface area contributed by atoms with Gasteiger partial charge in [0, 0.05) is 42.6 Å². The molecule has 0 unspecified atom stereocenters. The van der Waals surface area contributed by atoms with Crippen LogP contribution in [0.15, 0.2) is 51.9 Å². The summed E-state index contributed by atoms with van der Waals surface area (Å²) in [5.41, 5.74) is 1.12. The van der Waals surface area contributed by atoms with Gasteiger partial charge in [0.15, 0.2) is 11.6 Å². The Morgan fingerprint density at radius 2 is 1.95 bits per heavy atom. The summed E-state index contributed by atoms with van der Waals surface area (Å²) in [6, 6.07) is 10.6. The van der Waals surface area contributed by atoms with Crippen LogP contribution >= 0.6 is 0 Å². The first-order valence-electron chi connectivity index (χ1n) is 12.7. The molecule has 3 aromatic heterocycles. The fraction of sp³-hybridized carbons (Fsp3) is 0.423. The van der Waals surface area contributed by atoms with Crippen LogP contribution in [-0.2, 0) is 0 Å². The number of nitrogens with zero attached hydrogens (tertiary/aromatic N) is 6. The molecule has 0 bridgehead atoms. The van der Waals surface area contributed by atoms with E-state index in [1.54, 1.807) is 24.1 Å². The molecule has 1 saturated carbocycles. The zero-order valence-electron chi connectivity index (χ0n) is 20.7. The van der Waals surface area contributed by atoms with Crippen LogP contribution in [0.25, 0.3) is 10.9 Å². The van der Waals surface area contributed by atoms with Crippen molar-refractivity contribution < 1.29 is 13.9 Å². The van der Waals surface area contributed by atoms with Crippen LogP contribution in [0, 0.1) is 0 Å². The van der Waals surface area contributed by atoms with E-state index in [0.29, 0.717) is 49.1 Å². The van der Waals surface area contributed by atoms with Crippen molar-refractivity contribution in [3.05, 3.63) is 70.2 Å². The van der Waals surface area contributed by atoms with Crippen LogP contribution in [0.1, 0.15) is 59.7 Å². The number of H-pyrrole nitrogens is 1. The molecule has 1 atom stereocenters. The number of amides is 1. The SMILES string of the molecule is COc1ccc2[nH]c(=O)c([C@H](c3nnnn3C3CCCC3)N3CCN(C(=O)c4ccco4)CC3)cc2c1. The summed E-state index contributed by atoms with van der Waals surface area (Å²) in [4.78, 5) is 33.3. The van der Waals surface area contributed by atoms with E-state index in [9.17, 15) is 9.59 Å². The Morgan fingerprint density at radius 3 is 2.68 bits per heavy atom. The first kappa shape index (κ1) is 23.4. The number of aromatic nitrogens is 5. The maximum absolute atomic E-state index is 13.5. The second kappa shape index (κ2) is 9.81. The van der Waals surface area contributed by atoms with Crippen LogP contribution in [0.5, 0.6) is 5.75 Å². The molecule has 11 heteroatoms. The Labute approximate surface area is 213 Å². The van der Waals surface area contributed by atoms with Crippen molar-refractivity contribution in [2.45, 2.75) is 37.8 Å². The van der Waals surface area contributed by atoms with E-state index in [0.717, 1.165) is 36.6 Å². The quantitative estimate of drug-likeness (QED) is 0.426. The molecule has 0 radical (unpaired) electrons. The molecule has 6 rings (SSSR count). The first-order chi connectivity index (χ1) is 18.1. The molecule has 1 amide bonds. The van der Waals surface area contributed by atoms with Crippen molar-refractivity contribution in [1.82, 2.24) is 35.0 Å². The van der Waals surface area contributed by atoms with Gasteiger partial charge in [-0.2, -0.15) is 0 Å². The number of fused-ring (bicyclic) bond motifs is 1. The van der Waals surface area contributed by atoms with Crippen LogP contribution in [0.4, 0.5) is 0 Å². The van der Waals surface area contributed by atoms with Gasteiger partial charge in [0.2, 0.25) is 0 Å². The summed E-state index contributed by atoms with van der Waals surface area (Å²) in [5, 5.41) is 13.7. The number of tetrazole rings is 1. The molecule has 1 aliphatic carbocycles. The van der Waals surface area contributed by atoms with Crippen molar-refractivity contribution in [2.24, 2.45) is 0 Å². The Morgan fingerprint density at radius 1 is 1.14 bits per heavy atom. The molecule has 11 nitrogen and oxygen atoms in total. The largest absolute Gasteiger partial charge is 0.497 e. The van der Waals surface area contributed by atoms with E-state index < -0.39 is 6.04 Å². The second-order valence-electron chi connectivity index (χ2n) is 9.63. The Bertz CT molecular complexity index is 1450. The Hall–Kier alpha value is -3.99.